The van der Waals surface area contributed by atoms with Gasteiger partial charge in [-0.3, -0.25) is 0 Å². The van der Waals surface area contributed by atoms with Crippen molar-refractivity contribution in [3.05, 3.63) is 46.5 Å². The number of aromatic hydroxyl groups is 2. The Morgan fingerprint density at radius 2 is 0.867 bits per heavy atom. The molecule has 2 fully saturated rings. The fraction of sp³-hybridized carbons (Fsp3) is 0.571. The van der Waals surface area contributed by atoms with Gasteiger partial charge in [0.05, 0.1) is 0 Å². The summed E-state index contributed by atoms with van der Waals surface area (Å²) < 4.78 is 0. The summed E-state index contributed by atoms with van der Waals surface area (Å²) >= 11 is 0. The van der Waals surface area contributed by atoms with E-state index in [1.165, 1.54) is 31.2 Å². The van der Waals surface area contributed by atoms with Crippen LogP contribution < -0.4 is 0 Å². The van der Waals surface area contributed by atoms with Crippen molar-refractivity contribution in [3.63, 3.8) is 0 Å². The Balaban J connectivity index is 1.89. The third-order valence-electron chi connectivity index (χ3n) is 7.55. The van der Waals surface area contributed by atoms with Gasteiger partial charge < -0.3 is 10.2 Å². The molecule has 0 heterocycles. The molecule has 2 aromatic rings. The highest BCUT2D eigenvalue weighted by molar-refractivity contribution is 5.71. The molecule has 30 heavy (non-hydrogen) atoms. The highest BCUT2D eigenvalue weighted by atomic mass is 16.3. The van der Waals surface area contributed by atoms with Crippen molar-refractivity contribution in [2.75, 3.05) is 0 Å². The van der Waals surface area contributed by atoms with Crippen LogP contribution in [0.3, 0.4) is 0 Å². The van der Waals surface area contributed by atoms with Gasteiger partial charge >= 0.3 is 0 Å². The van der Waals surface area contributed by atoms with E-state index in [-0.39, 0.29) is 11.8 Å². The van der Waals surface area contributed by atoms with Crippen molar-refractivity contribution in [3.8, 4) is 22.6 Å². The monoisotopic (exact) mass is 406 g/mol. The predicted molar refractivity (Wildman–Crippen MR) is 126 cm³/mol. The SMILES string of the molecule is CC(C)c1cc(-c2cc(C(C)C3CC3)c(O)c(C(C)C3CC3)c2)cc(C(C)C)c1O. The lowest BCUT2D eigenvalue weighted by molar-refractivity contribution is 0.443. The van der Waals surface area contributed by atoms with Crippen LogP contribution in [-0.4, -0.2) is 10.2 Å². The molecular weight excluding hydrogens is 368 g/mol. The highest BCUT2D eigenvalue weighted by Crippen LogP contribution is 2.51. The molecule has 2 saturated carbocycles. The van der Waals surface area contributed by atoms with Crippen molar-refractivity contribution >= 4 is 0 Å². The van der Waals surface area contributed by atoms with Crippen molar-refractivity contribution in [2.45, 2.75) is 90.9 Å². The molecule has 0 aromatic heterocycles. The van der Waals surface area contributed by atoms with E-state index >= 15 is 0 Å². The maximum absolute atomic E-state index is 11.2. The second kappa shape index (κ2) is 7.94. The molecule has 2 aromatic carbocycles. The van der Waals surface area contributed by atoms with Gasteiger partial charge in [-0.2, -0.15) is 0 Å². The zero-order chi connectivity index (χ0) is 21.7. The molecule has 2 heteroatoms. The summed E-state index contributed by atoms with van der Waals surface area (Å²) in [5, 5.41) is 22.1. The summed E-state index contributed by atoms with van der Waals surface area (Å²) in [7, 11) is 0. The van der Waals surface area contributed by atoms with Crippen LogP contribution in [0.5, 0.6) is 11.5 Å². The molecular formula is C28H38O2. The van der Waals surface area contributed by atoms with Crippen LogP contribution >= 0.6 is 0 Å². The molecule has 2 unspecified atom stereocenters. The number of hydrogen-bond donors (Lipinski definition) is 2. The van der Waals surface area contributed by atoms with Crippen LogP contribution in [0.25, 0.3) is 11.1 Å². The minimum Gasteiger partial charge on any atom is -0.507 e. The molecule has 2 aliphatic carbocycles. The van der Waals surface area contributed by atoms with Gasteiger partial charge in [-0.1, -0.05) is 41.5 Å². The van der Waals surface area contributed by atoms with Gasteiger partial charge in [0.25, 0.3) is 0 Å². The fourth-order valence-corrected chi connectivity index (χ4v) is 4.97. The molecule has 2 atom stereocenters. The van der Waals surface area contributed by atoms with Crippen molar-refractivity contribution in [1.82, 2.24) is 0 Å². The average Bonchev–Trinajstić information content (AvgIpc) is 3.59. The Morgan fingerprint density at radius 1 is 0.567 bits per heavy atom. The van der Waals surface area contributed by atoms with Crippen molar-refractivity contribution in [2.24, 2.45) is 11.8 Å². The van der Waals surface area contributed by atoms with E-state index in [0.29, 0.717) is 35.2 Å². The summed E-state index contributed by atoms with van der Waals surface area (Å²) in [5.74, 6) is 3.68. The Labute approximate surface area is 182 Å². The van der Waals surface area contributed by atoms with E-state index in [9.17, 15) is 10.2 Å². The first-order chi connectivity index (χ1) is 14.2. The lowest BCUT2D eigenvalue weighted by Gasteiger charge is -2.23. The molecule has 0 spiro atoms. The van der Waals surface area contributed by atoms with E-state index in [4.69, 9.17) is 0 Å². The van der Waals surface area contributed by atoms with Gasteiger partial charge in [-0.15, -0.1) is 0 Å². The number of phenols is 2. The van der Waals surface area contributed by atoms with Crippen LogP contribution in [0.15, 0.2) is 24.3 Å². The molecule has 0 amide bonds. The number of phenolic OH excluding ortho intramolecular Hbond substituents is 2. The Morgan fingerprint density at radius 3 is 1.17 bits per heavy atom. The maximum Gasteiger partial charge on any atom is 0.122 e. The largest absolute Gasteiger partial charge is 0.507 e. The molecule has 2 N–H and O–H groups in total. The van der Waals surface area contributed by atoms with Gasteiger partial charge in [0.15, 0.2) is 0 Å². The van der Waals surface area contributed by atoms with Crippen LogP contribution in [0, 0.1) is 11.8 Å². The van der Waals surface area contributed by atoms with E-state index in [1.54, 1.807) is 0 Å². The van der Waals surface area contributed by atoms with Crippen LogP contribution in [-0.2, 0) is 0 Å². The summed E-state index contributed by atoms with van der Waals surface area (Å²) in [4.78, 5) is 0. The smallest absolute Gasteiger partial charge is 0.122 e. The summed E-state index contributed by atoms with van der Waals surface area (Å²) in [6.45, 7) is 13.1. The average molecular weight is 407 g/mol. The standard InChI is InChI=1S/C28H38O2/c1-15(2)23-11-21(12-24(16(3)4)27(23)29)22-13-25(17(5)19-7-8-19)28(30)26(14-22)18(6)20-9-10-20/h11-20,29-30H,7-10H2,1-6H3. The zero-order valence-corrected chi connectivity index (χ0v) is 19.5. The third kappa shape index (κ3) is 3.98. The summed E-state index contributed by atoms with van der Waals surface area (Å²) in [6, 6.07) is 8.77. The summed E-state index contributed by atoms with van der Waals surface area (Å²) in [5.41, 5.74) is 6.59. The number of hydrogen-bond acceptors (Lipinski definition) is 2. The molecule has 0 saturated heterocycles. The Hall–Kier alpha value is -1.96. The normalized spacial score (nSPS) is 18.8. The fourth-order valence-electron chi connectivity index (χ4n) is 4.97. The van der Waals surface area contributed by atoms with Crippen molar-refractivity contribution < 1.29 is 10.2 Å². The molecule has 162 valence electrons. The van der Waals surface area contributed by atoms with E-state index in [2.05, 4.69) is 65.8 Å². The van der Waals surface area contributed by atoms with Crippen molar-refractivity contribution in [1.29, 1.82) is 0 Å². The van der Waals surface area contributed by atoms with E-state index in [1.807, 2.05) is 0 Å². The molecule has 0 aliphatic heterocycles. The molecule has 2 nitrogen and oxygen atoms in total. The number of benzene rings is 2. The lowest BCUT2D eigenvalue weighted by atomic mass is 9.83. The highest BCUT2D eigenvalue weighted by Gasteiger charge is 2.35. The first kappa shape index (κ1) is 21.3. The van der Waals surface area contributed by atoms with Gasteiger partial charge in [0.1, 0.15) is 11.5 Å². The lowest BCUT2D eigenvalue weighted by Crippen LogP contribution is -2.04. The third-order valence-corrected chi connectivity index (χ3v) is 7.55. The minimum absolute atomic E-state index is 0.259. The Kier molecular flexibility index (Phi) is 5.64. The van der Waals surface area contributed by atoms with Crippen LogP contribution in [0.4, 0.5) is 0 Å². The van der Waals surface area contributed by atoms with Crippen LogP contribution in [0.1, 0.15) is 113 Å². The topological polar surface area (TPSA) is 40.5 Å². The quantitative estimate of drug-likeness (QED) is 0.488. The molecule has 2 aliphatic rings. The van der Waals surface area contributed by atoms with Crippen LogP contribution in [0.2, 0.25) is 0 Å². The number of rotatable bonds is 7. The maximum atomic E-state index is 11.2. The zero-order valence-electron chi connectivity index (χ0n) is 19.5. The second-order valence-electron chi connectivity index (χ2n) is 10.6. The van der Waals surface area contributed by atoms with Gasteiger partial charge in [0.2, 0.25) is 0 Å². The van der Waals surface area contributed by atoms with Gasteiger partial charge in [-0.25, -0.2) is 0 Å². The molecule has 4 rings (SSSR count). The summed E-state index contributed by atoms with van der Waals surface area (Å²) in [6.07, 6.45) is 5.08. The predicted octanol–water partition coefficient (Wildman–Crippen LogP) is 8.04. The Bertz CT molecular complexity index is 864. The first-order valence-electron chi connectivity index (χ1n) is 11.9. The molecule has 0 radical (unpaired) electrons. The van der Waals surface area contributed by atoms with E-state index in [0.717, 1.165) is 27.8 Å². The van der Waals surface area contributed by atoms with Gasteiger partial charge in [-0.05, 0) is 119 Å². The first-order valence-corrected chi connectivity index (χ1v) is 11.9. The van der Waals surface area contributed by atoms with E-state index < -0.39 is 0 Å². The minimum atomic E-state index is 0.259. The van der Waals surface area contributed by atoms with Gasteiger partial charge in [0, 0.05) is 0 Å². The molecule has 0 bridgehead atoms. The second-order valence-corrected chi connectivity index (χ2v) is 10.6.